The summed E-state index contributed by atoms with van der Waals surface area (Å²) in [7, 11) is 0. The number of hydrogen-bond acceptors (Lipinski definition) is 3. The number of anilines is 1. The number of alkyl halides is 3. The molecule has 2 rings (SSSR count). The first-order valence-corrected chi connectivity index (χ1v) is 5.46. The lowest BCUT2D eigenvalue weighted by molar-refractivity contribution is 0.974. The minimum Gasteiger partial charge on any atom is -0.399 e. The molecule has 1 aromatic carbocycles. The largest absolute Gasteiger partial charge is 0.399 e. The molecule has 0 unspecified atom stereocenters. The fourth-order valence-electron chi connectivity index (χ4n) is 1.15. The highest BCUT2D eigenvalue weighted by molar-refractivity contribution is 6.66. The summed E-state index contributed by atoms with van der Waals surface area (Å²) in [6, 6.07) is 7.09. The molecule has 0 aliphatic rings. The van der Waals surface area contributed by atoms with Gasteiger partial charge in [0.25, 0.3) is 0 Å². The van der Waals surface area contributed by atoms with E-state index in [-0.39, 0.29) is 5.82 Å². The highest BCUT2D eigenvalue weighted by atomic mass is 35.6. The first-order valence-electron chi connectivity index (χ1n) is 4.32. The zero-order valence-corrected chi connectivity index (χ0v) is 10.2. The molecule has 0 amide bonds. The third kappa shape index (κ3) is 2.40. The van der Waals surface area contributed by atoms with E-state index in [4.69, 9.17) is 40.5 Å². The number of nitrogens with zero attached hydrogens (tertiary/aromatic N) is 2. The Morgan fingerprint density at radius 1 is 1.12 bits per heavy atom. The molecule has 0 saturated carbocycles. The monoisotopic (exact) mass is 276 g/mol. The summed E-state index contributed by atoms with van der Waals surface area (Å²) in [4.78, 5) is 4.08. The quantitative estimate of drug-likeness (QED) is 0.622. The predicted octanol–water partition coefficient (Wildman–Crippen LogP) is 2.88. The van der Waals surface area contributed by atoms with Gasteiger partial charge in [-0.2, -0.15) is 5.10 Å². The molecule has 0 fully saturated rings. The number of nitrogen functional groups attached to an aromatic ring is 1. The van der Waals surface area contributed by atoms with Crippen molar-refractivity contribution in [1.82, 2.24) is 15.2 Å². The lowest BCUT2D eigenvalue weighted by atomic mass is 10.2. The van der Waals surface area contributed by atoms with Crippen LogP contribution in [0.3, 0.4) is 0 Å². The second-order valence-corrected chi connectivity index (χ2v) is 5.41. The van der Waals surface area contributed by atoms with E-state index in [0.29, 0.717) is 11.5 Å². The van der Waals surface area contributed by atoms with E-state index < -0.39 is 3.79 Å². The van der Waals surface area contributed by atoms with Gasteiger partial charge in [-0.3, -0.25) is 5.10 Å². The number of aromatic amines is 1. The molecule has 0 saturated heterocycles. The maximum Gasteiger partial charge on any atom is 0.249 e. The van der Waals surface area contributed by atoms with Crippen molar-refractivity contribution in [3.63, 3.8) is 0 Å². The van der Waals surface area contributed by atoms with Gasteiger partial charge in [0.1, 0.15) is 0 Å². The normalized spacial score (nSPS) is 11.7. The minimum atomic E-state index is -1.60. The van der Waals surface area contributed by atoms with Crippen LogP contribution in [0.25, 0.3) is 11.4 Å². The molecule has 0 radical (unpaired) electrons. The van der Waals surface area contributed by atoms with Crippen molar-refractivity contribution in [2.24, 2.45) is 0 Å². The number of nitrogens with one attached hydrogen (secondary N) is 1. The number of nitrogens with two attached hydrogens (primary N) is 1. The maximum absolute atomic E-state index is 5.66. The fourth-order valence-corrected chi connectivity index (χ4v) is 1.40. The second-order valence-electron chi connectivity index (χ2n) is 3.13. The molecule has 0 spiro atoms. The zero-order valence-electron chi connectivity index (χ0n) is 7.92. The van der Waals surface area contributed by atoms with Crippen molar-refractivity contribution < 1.29 is 0 Å². The van der Waals surface area contributed by atoms with Gasteiger partial charge >= 0.3 is 0 Å². The average Bonchev–Trinajstić information content (AvgIpc) is 2.67. The zero-order chi connectivity index (χ0) is 11.8. The topological polar surface area (TPSA) is 67.6 Å². The van der Waals surface area contributed by atoms with Gasteiger partial charge in [-0.25, -0.2) is 4.98 Å². The Hall–Kier alpha value is -0.970. The maximum atomic E-state index is 5.66. The fraction of sp³-hybridized carbons (Fsp3) is 0.111. The van der Waals surface area contributed by atoms with Crippen LogP contribution in [0, 0.1) is 0 Å². The first kappa shape index (κ1) is 11.5. The molecular formula is C9H7Cl3N4. The van der Waals surface area contributed by atoms with Crippen molar-refractivity contribution in [3.05, 3.63) is 30.1 Å². The van der Waals surface area contributed by atoms with E-state index >= 15 is 0 Å². The predicted molar refractivity (Wildman–Crippen MR) is 65.5 cm³/mol. The molecule has 4 nitrogen and oxygen atoms in total. The molecule has 0 aliphatic carbocycles. The molecule has 7 heteroatoms. The molecule has 84 valence electrons. The SMILES string of the molecule is Nc1ccc(-c2n[nH]c(C(Cl)(Cl)Cl)n2)cc1. The molecule has 2 aromatic rings. The molecule has 16 heavy (non-hydrogen) atoms. The standard InChI is InChI=1S/C9H7Cl3N4/c10-9(11,12)8-14-7(15-16-8)5-1-3-6(13)4-2-5/h1-4H,13H2,(H,14,15,16). The van der Waals surface area contributed by atoms with Crippen LogP contribution in [0.5, 0.6) is 0 Å². The van der Waals surface area contributed by atoms with Gasteiger partial charge in [-0.1, -0.05) is 34.8 Å². The third-order valence-corrected chi connectivity index (χ3v) is 2.46. The van der Waals surface area contributed by atoms with E-state index in [0.717, 1.165) is 5.56 Å². The van der Waals surface area contributed by atoms with Gasteiger partial charge in [0.05, 0.1) is 0 Å². The Kier molecular flexibility index (Phi) is 2.97. The van der Waals surface area contributed by atoms with Crippen LogP contribution in [0.15, 0.2) is 24.3 Å². The van der Waals surface area contributed by atoms with Crippen LogP contribution in [0.1, 0.15) is 5.82 Å². The van der Waals surface area contributed by atoms with E-state index in [9.17, 15) is 0 Å². The van der Waals surface area contributed by atoms with E-state index in [2.05, 4.69) is 15.2 Å². The number of hydrogen-bond donors (Lipinski definition) is 2. The van der Waals surface area contributed by atoms with E-state index in [1.165, 1.54) is 0 Å². The molecule has 0 bridgehead atoms. The Bertz CT molecular complexity index is 486. The van der Waals surface area contributed by atoms with Gasteiger partial charge < -0.3 is 5.73 Å². The summed E-state index contributed by atoms with van der Waals surface area (Å²) < 4.78 is -1.60. The van der Waals surface area contributed by atoms with Crippen LogP contribution in [0.2, 0.25) is 0 Å². The molecule has 0 atom stereocenters. The summed E-state index contributed by atoms with van der Waals surface area (Å²) >= 11 is 17.0. The number of aromatic nitrogens is 3. The smallest absolute Gasteiger partial charge is 0.249 e. The minimum absolute atomic E-state index is 0.185. The number of benzene rings is 1. The molecule has 1 heterocycles. The van der Waals surface area contributed by atoms with Crippen molar-refractivity contribution in [3.8, 4) is 11.4 Å². The van der Waals surface area contributed by atoms with Crippen molar-refractivity contribution >= 4 is 40.5 Å². The summed E-state index contributed by atoms with van der Waals surface area (Å²) in [6.07, 6.45) is 0. The van der Waals surface area contributed by atoms with Gasteiger partial charge in [-0.05, 0) is 24.3 Å². The lowest BCUT2D eigenvalue weighted by Crippen LogP contribution is -2.02. The summed E-state index contributed by atoms with van der Waals surface area (Å²) in [5.74, 6) is 0.644. The first-order chi connectivity index (χ1) is 7.47. The Labute approximate surface area is 107 Å². The molecule has 0 aliphatic heterocycles. The van der Waals surface area contributed by atoms with Crippen LogP contribution in [0.4, 0.5) is 5.69 Å². The van der Waals surface area contributed by atoms with Gasteiger partial charge in [0.2, 0.25) is 3.79 Å². The number of H-pyrrole nitrogens is 1. The molecule has 3 N–H and O–H groups in total. The van der Waals surface area contributed by atoms with Crippen LogP contribution in [-0.2, 0) is 3.79 Å². The van der Waals surface area contributed by atoms with E-state index in [1.807, 2.05) is 0 Å². The van der Waals surface area contributed by atoms with Crippen LogP contribution in [-0.4, -0.2) is 15.2 Å². The Morgan fingerprint density at radius 3 is 2.25 bits per heavy atom. The number of rotatable bonds is 1. The Balaban J connectivity index is 2.35. The lowest BCUT2D eigenvalue weighted by Gasteiger charge is -2.03. The van der Waals surface area contributed by atoms with Gasteiger partial charge in [0.15, 0.2) is 11.6 Å². The van der Waals surface area contributed by atoms with E-state index in [1.54, 1.807) is 24.3 Å². The Morgan fingerprint density at radius 2 is 1.75 bits per heavy atom. The summed E-state index contributed by atoms with van der Waals surface area (Å²) in [5, 5.41) is 6.52. The van der Waals surface area contributed by atoms with Gasteiger partial charge in [0, 0.05) is 11.3 Å². The average molecular weight is 278 g/mol. The highest BCUT2D eigenvalue weighted by Gasteiger charge is 2.27. The number of halogens is 3. The van der Waals surface area contributed by atoms with Crippen LogP contribution < -0.4 is 5.73 Å². The van der Waals surface area contributed by atoms with Crippen LogP contribution >= 0.6 is 34.8 Å². The molecular weight excluding hydrogens is 270 g/mol. The third-order valence-electron chi connectivity index (χ3n) is 1.92. The van der Waals surface area contributed by atoms with Crippen molar-refractivity contribution in [1.29, 1.82) is 0 Å². The molecule has 1 aromatic heterocycles. The second kappa shape index (κ2) is 4.13. The van der Waals surface area contributed by atoms with Crippen molar-refractivity contribution in [2.75, 3.05) is 5.73 Å². The van der Waals surface area contributed by atoms with Gasteiger partial charge in [-0.15, -0.1) is 0 Å². The highest BCUT2D eigenvalue weighted by Crippen LogP contribution is 2.36. The van der Waals surface area contributed by atoms with Crippen molar-refractivity contribution in [2.45, 2.75) is 3.79 Å². The summed E-state index contributed by atoms with van der Waals surface area (Å²) in [5.41, 5.74) is 7.03. The summed E-state index contributed by atoms with van der Waals surface area (Å²) in [6.45, 7) is 0.